The van der Waals surface area contributed by atoms with Gasteiger partial charge in [0.1, 0.15) is 11.9 Å². The number of imidazole rings is 1. The van der Waals surface area contributed by atoms with Crippen LogP contribution in [0, 0.1) is 0 Å². The lowest BCUT2D eigenvalue weighted by Crippen LogP contribution is -2.45. The lowest BCUT2D eigenvalue weighted by molar-refractivity contribution is -0.164. The van der Waals surface area contributed by atoms with Gasteiger partial charge in [0.2, 0.25) is 0 Å². The zero-order chi connectivity index (χ0) is 30.6. The maximum absolute atomic E-state index is 12.2. The van der Waals surface area contributed by atoms with E-state index in [1.54, 1.807) is 10.9 Å². The van der Waals surface area contributed by atoms with Crippen LogP contribution in [0.2, 0.25) is 0 Å². The molecule has 10 nitrogen and oxygen atoms in total. The number of ether oxygens (including phenoxy) is 2. The van der Waals surface area contributed by atoms with Crippen molar-refractivity contribution < 1.29 is 23.8 Å². The molecule has 3 aromatic carbocycles. The molecule has 0 amide bonds. The first kappa shape index (κ1) is 30.1. The highest BCUT2D eigenvalue weighted by Crippen LogP contribution is 2.44. The predicted octanol–water partition coefficient (Wildman–Crippen LogP) is 6.01. The molecule has 1 unspecified atom stereocenters. The molecule has 44 heavy (non-hydrogen) atoms. The van der Waals surface area contributed by atoms with E-state index in [0.29, 0.717) is 29.4 Å². The van der Waals surface area contributed by atoms with Gasteiger partial charge in [-0.05, 0) is 42.4 Å². The van der Waals surface area contributed by atoms with Crippen LogP contribution in [-0.4, -0.2) is 48.3 Å². The summed E-state index contributed by atoms with van der Waals surface area (Å²) in [5.74, 6) is 0.617. The van der Waals surface area contributed by atoms with Crippen molar-refractivity contribution in [3.63, 3.8) is 0 Å². The number of benzene rings is 3. The molecule has 228 valence electrons. The van der Waals surface area contributed by atoms with Crippen LogP contribution < -0.4 is 5.32 Å². The van der Waals surface area contributed by atoms with E-state index < -0.39 is 25.3 Å². The molecule has 2 aromatic heterocycles. The van der Waals surface area contributed by atoms with Crippen molar-refractivity contribution in [2.24, 2.45) is 0 Å². The number of aromatic nitrogens is 4. The molecule has 0 bridgehead atoms. The molecule has 0 radical (unpaired) electrons. The maximum Gasteiger partial charge on any atom is 0.351 e. The normalized spacial score (nSPS) is 15.5. The van der Waals surface area contributed by atoms with Crippen LogP contribution in [0.15, 0.2) is 104 Å². The first-order valence-corrected chi connectivity index (χ1v) is 16.6. The van der Waals surface area contributed by atoms with E-state index in [-0.39, 0.29) is 6.61 Å². The number of nitrogens with zero attached hydrogens (tertiary/aromatic N) is 4. The van der Waals surface area contributed by atoms with Crippen LogP contribution in [0.1, 0.15) is 49.3 Å². The van der Waals surface area contributed by atoms with Gasteiger partial charge in [0.25, 0.3) is 0 Å². The molecule has 1 fully saturated rings. The third-order valence-corrected chi connectivity index (χ3v) is 8.79. The number of nitrogens with one attached hydrogen (secondary N) is 1. The van der Waals surface area contributed by atoms with Gasteiger partial charge >= 0.3 is 7.60 Å². The van der Waals surface area contributed by atoms with Crippen molar-refractivity contribution in [1.29, 1.82) is 0 Å². The van der Waals surface area contributed by atoms with Crippen molar-refractivity contribution in [2.45, 2.75) is 50.0 Å². The monoisotopic (exact) mass is 613 g/mol. The van der Waals surface area contributed by atoms with Crippen molar-refractivity contribution in [3.05, 3.63) is 120 Å². The highest BCUT2D eigenvalue weighted by Gasteiger charge is 2.43. The second kappa shape index (κ2) is 12.6. The van der Waals surface area contributed by atoms with Crippen LogP contribution in [0.3, 0.4) is 0 Å². The number of hydrogen-bond acceptors (Lipinski definition) is 7. The van der Waals surface area contributed by atoms with Crippen LogP contribution in [0.5, 0.6) is 0 Å². The molecule has 0 saturated heterocycles. The van der Waals surface area contributed by atoms with Crippen molar-refractivity contribution >= 4 is 24.6 Å². The Morgan fingerprint density at radius 2 is 1.43 bits per heavy atom. The Labute approximate surface area is 256 Å². The molecule has 1 aliphatic carbocycles. The Hall–Kier alpha value is -3.92. The van der Waals surface area contributed by atoms with Crippen molar-refractivity contribution in [2.75, 3.05) is 18.3 Å². The molecule has 3 N–H and O–H groups in total. The summed E-state index contributed by atoms with van der Waals surface area (Å²) in [6.07, 6.45) is 5.83. The standard InChI is InChI=1S/C33H36N5O5P/c1-2-32(43-24-44(39,40)41,38-23-36-29-30(34-22-35-31(29)38)37-28-19-12-20-28)21-42-33(25-13-6-3-7-14-25,26-15-8-4-9-16-26)27-17-10-5-11-18-27/h3-11,13-18,22-23,28H,2,12,19-21,24H2,1H3,(H,34,35,37)(H2,39,40,41). The molecule has 1 aliphatic rings. The van der Waals surface area contributed by atoms with Gasteiger partial charge < -0.3 is 24.6 Å². The van der Waals surface area contributed by atoms with E-state index in [1.165, 1.54) is 12.7 Å². The minimum absolute atomic E-state index is 0.0942. The average molecular weight is 614 g/mol. The lowest BCUT2D eigenvalue weighted by atomic mass is 9.80. The largest absolute Gasteiger partial charge is 0.365 e. The molecule has 5 aromatic rings. The fraction of sp³-hybridized carbons (Fsp3) is 0.303. The Kier molecular flexibility index (Phi) is 8.62. The van der Waals surface area contributed by atoms with E-state index >= 15 is 0 Å². The van der Waals surface area contributed by atoms with Crippen LogP contribution >= 0.6 is 7.60 Å². The quantitative estimate of drug-likeness (QED) is 0.108. The number of hydrogen-bond donors (Lipinski definition) is 3. The summed E-state index contributed by atoms with van der Waals surface area (Å²) in [4.78, 5) is 33.5. The Morgan fingerprint density at radius 1 is 0.864 bits per heavy atom. The summed E-state index contributed by atoms with van der Waals surface area (Å²) in [6.45, 7) is 1.79. The molecular weight excluding hydrogens is 577 g/mol. The Bertz CT molecular complexity index is 1630. The molecule has 6 rings (SSSR count). The minimum atomic E-state index is -4.56. The van der Waals surface area contributed by atoms with E-state index in [0.717, 1.165) is 29.5 Å². The van der Waals surface area contributed by atoms with Gasteiger partial charge in [0.15, 0.2) is 29.1 Å². The lowest BCUT2D eigenvalue weighted by Gasteiger charge is -2.41. The van der Waals surface area contributed by atoms with Gasteiger partial charge in [-0.25, -0.2) is 15.0 Å². The highest BCUT2D eigenvalue weighted by atomic mass is 31.2. The van der Waals surface area contributed by atoms with Gasteiger partial charge in [-0.15, -0.1) is 0 Å². The molecule has 11 heteroatoms. The van der Waals surface area contributed by atoms with Gasteiger partial charge in [-0.1, -0.05) is 97.9 Å². The van der Waals surface area contributed by atoms with Crippen LogP contribution in [0.25, 0.3) is 11.2 Å². The summed E-state index contributed by atoms with van der Waals surface area (Å²) in [6, 6.07) is 30.1. The Balaban J connectivity index is 1.49. The van der Waals surface area contributed by atoms with Gasteiger partial charge in [0, 0.05) is 6.04 Å². The van der Waals surface area contributed by atoms with E-state index in [9.17, 15) is 14.4 Å². The zero-order valence-electron chi connectivity index (χ0n) is 24.5. The highest BCUT2D eigenvalue weighted by molar-refractivity contribution is 7.51. The zero-order valence-corrected chi connectivity index (χ0v) is 25.4. The summed E-state index contributed by atoms with van der Waals surface area (Å²) in [7, 11) is -4.56. The second-order valence-corrected chi connectivity index (χ2v) is 12.7. The molecule has 0 spiro atoms. The minimum Gasteiger partial charge on any atom is -0.365 e. The fourth-order valence-corrected chi connectivity index (χ4v) is 6.14. The van der Waals surface area contributed by atoms with Gasteiger partial charge in [-0.3, -0.25) is 9.13 Å². The number of rotatable bonds is 13. The summed E-state index contributed by atoms with van der Waals surface area (Å²) in [5.41, 5.74) is 1.23. The van der Waals surface area contributed by atoms with Gasteiger partial charge in [0.05, 0.1) is 12.9 Å². The third-order valence-electron chi connectivity index (χ3n) is 8.33. The smallest absolute Gasteiger partial charge is 0.351 e. The molecule has 0 aliphatic heterocycles. The molecule has 1 atom stereocenters. The van der Waals surface area contributed by atoms with Crippen LogP contribution in [-0.2, 0) is 25.4 Å². The number of fused-ring (bicyclic) bond motifs is 1. The Morgan fingerprint density at radius 3 is 1.91 bits per heavy atom. The van der Waals surface area contributed by atoms with Crippen LogP contribution in [0.4, 0.5) is 5.82 Å². The predicted molar refractivity (Wildman–Crippen MR) is 168 cm³/mol. The van der Waals surface area contributed by atoms with Gasteiger partial charge in [-0.2, -0.15) is 0 Å². The first-order valence-electron chi connectivity index (χ1n) is 14.8. The average Bonchev–Trinajstić information content (AvgIpc) is 3.48. The maximum atomic E-state index is 12.2. The summed E-state index contributed by atoms with van der Waals surface area (Å²) >= 11 is 0. The topological polar surface area (TPSA) is 132 Å². The molecular formula is C33H36N5O5P. The van der Waals surface area contributed by atoms with Crippen molar-refractivity contribution in [1.82, 2.24) is 19.5 Å². The summed E-state index contributed by atoms with van der Waals surface area (Å²) in [5, 5.41) is 3.46. The summed E-state index contributed by atoms with van der Waals surface area (Å²) < 4.78 is 27.2. The molecule has 1 saturated carbocycles. The van der Waals surface area contributed by atoms with E-state index in [4.69, 9.17) is 9.47 Å². The van der Waals surface area contributed by atoms with E-state index in [2.05, 4.69) is 20.3 Å². The fourth-order valence-electron chi connectivity index (χ4n) is 5.73. The number of anilines is 1. The van der Waals surface area contributed by atoms with Crippen molar-refractivity contribution in [3.8, 4) is 0 Å². The second-order valence-electron chi connectivity index (χ2n) is 11.1. The SMILES string of the molecule is CCC(COC(c1ccccc1)(c1ccccc1)c1ccccc1)(OCP(=O)(O)O)n1cnc2c(NC3CCC3)ncnc21. The third kappa shape index (κ3) is 5.92. The van der Waals surface area contributed by atoms with E-state index in [1.807, 2.05) is 97.9 Å². The first-order chi connectivity index (χ1) is 21.3. The molecule has 2 heterocycles.